The standard InChI is InChI=1S/C33H37N5O6/c1-3-44-28(39)17-20-4-5-23(19-38-13-10-21-18-22(31(34)35)6-8-26(21)38)25(16-20)24-7-9-27(43-2)30(29(24)33(41)42)32(40)37-14-11-36-12-15-37/h4-9,16,18,36H,3,10-15,17,19H2,1-2H3,(H3,34,35)(H,41,42). The van der Waals surface area contributed by atoms with Gasteiger partial charge in [0.1, 0.15) is 11.6 Å². The third-order valence-corrected chi connectivity index (χ3v) is 8.08. The van der Waals surface area contributed by atoms with Crippen LogP contribution in [-0.2, 0) is 28.9 Å². The van der Waals surface area contributed by atoms with Gasteiger partial charge in [-0.25, -0.2) is 4.79 Å². The van der Waals surface area contributed by atoms with Crippen LogP contribution in [0.3, 0.4) is 0 Å². The third-order valence-electron chi connectivity index (χ3n) is 8.08. The van der Waals surface area contributed by atoms with Crippen molar-refractivity contribution in [2.75, 3.05) is 51.3 Å². The van der Waals surface area contributed by atoms with E-state index in [4.69, 9.17) is 20.6 Å². The van der Waals surface area contributed by atoms with Crippen molar-refractivity contribution in [2.24, 2.45) is 5.73 Å². The number of amidine groups is 1. The van der Waals surface area contributed by atoms with Crippen molar-refractivity contribution in [1.82, 2.24) is 10.2 Å². The maximum Gasteiger partial charge on any atom is 0.337 e. The van der Waals surface area contributed by atoms with Crippen LogP contribution in [-0.4, -0.2) is 80.1 Å². The van der Waals surface area contributed by atoms with Gasteiger partial charge in [0.25, 0.3) is 5.91 Å². The number of aromatic carboxylic acids is 1. The Kier molecular flexibility index (Phi) is 9.15. The van der Waals surface area contributed by atoms with Crippen molar-refractivity contribution in [2.45, 2.75) is 26.3 Å². The number of esters is 1. The number of nitrogens with zero attached hydrogens (tertiary/aromatic N) is 2. The molecule has 0 radical (unpaired) electrons. The number of nitrogens with two attached hydrogens (primary N) is 1. The monoisotopic (exact) mass is 599 g/mol. The zero-order chi connectivity index (χ0) is 31.4. The van der Waals surface area contributed by atoms with E-state index >= 15 is 0 Å². The lowest BCUT2D eigenvalue weighted by Gasteiger charge is -2.29. The van der Waals surface area contributed by atoms with Crippen molar-refractivity contribution in [3.63, 3.8) is 0 Å². The van der Waals surface area contributed by atoms with E-state index in [1.165, 1.54) is 7.11 Å². The number of piperazine rings is 1. The minimum Gasteiger partial charge on any atom is -0.496 e. The number of anilines is 1. The molecule has 230 valence electrons. The first kappa shape index (κ1) is 30.6. The molecule has 0 saturated carbocycles. The predicted molar refractivity (Wildman–Crippen MR) is 167 cm³/mol. The van der Waals surface area contributed by atoms with Gasteiger partial charge in [0.05, 0.1) is 31.3 Å². The van der Waals surface area contributed by atoms with E-state index in [1.54, 1.807) is 24.0 Å². The fourth-order valence-electron chi connectivity index (χ4n) is 5.95. The molecule has 11 heteroatoms. The summed E-state index contributed by atoms with van der Waals surface area (Å²) in [5.74, 6) is -1.83. The lowest BCUT2D eigenvalue weighted by Crippen LogP contribution is -2.46. The van der Waals surface area contributed by atoms with Crippen LogP contribution in [0.5, 0.6) is 5.75 Å². The van der Waals surface area contributed by atoms with Gasteiger partial charge in [-0.05, 0) is 71.5 Å². The Balaban J connectivity index is 1.63. The summed E-state index contributed by atoms with van der Waals surface area (Å²) >= 11 is 0. The van der Waals surface area contributed by atoms with Crippen molar-refractivity contribution in [1.29, 1.82) is 5.41 Å². The van der Waals surface area contributed by atoms with Crippen molar-refractivity contribution >= 4 is 29.4 Å². The lowest BCUT2D eigenvalue weighted by atomic mass is 9.89. The highest BCUT2D eigenvalue weighted by atomic mass is 16.5. The second-order valence-electron chi connectivity index (χ2n) is 10.8. The molecule has 2 heterocycles. The van der Waals surface area contributed by atoms with E-state index in [0.717, 1.165) is 29.8 Å². The van der Waals surface area contributed by atoms with Crippen LogP contribution in [0.25, 0.3) is 11.1 Å². The number of carbonyl (C=O) groups is 3. The average Bonchev–Trinajstić information content (AvgIpc) is 3.43. The number of nitrogen functional groups attached to an aromatic ring is 1. The molecular weight excluding hydrogens is 562 g/mol. The van der Waals surface area contributed by atoms with Gasteiger partial charge in [0, 0.05) is 50.5 Å². The number of benzene rings is 3. The molecule has 0 atom stereocenters. The van der Waals surface area contributed by atoms with Gasteiger partial charge in [-0.3, -0.25) is 15.0 Å². The molecule has 2 aliphatic heterocycles. The molecule has 1 amide bonds. The molecule has 0 aromatic heterocycles. The molecule has 2 aliphatic rings. The zero-order valence-corrected chi connectivity index (χ0v) is 24.9. The van der Waals surface area contributed by atoms with Crippen LogP contribution >= 0.6 is 0 Å². The number of hydrogen-bond donors (Lipinski definition) is 4. The molecule has 11 nitrogen and oxygen atoms in total. The van der Waals surface area contributed by atoms with Gasteiger partial charge in [0.2, 0.25) is 0 Å². The summed E-state index contributed by atoms with van der Waals surface area (Å²) in [6.07, 6.45) is 0.797. The van der Waals surface area contributed by atoms with Crippen molar-refractivity contribution in [3.05, 3.63) is 81.9 Å². The van der Waals surface area contributed by atoms with Crippen LogP contribution in [0, 0.1) is 5.41 Å². The molecule has 3 aromatic rings. The fraction of sp³-hybridized carbons (Fsp3) is 0.333. The summed E-state index contributed by atoms with van der Waals surface area (Å²) in [7, 11) is 1.42. The predicted octanol–water partition coefficient (Wildman–Crippen LogP) is 3.06. The molecule has 5 rings (SSSR count). The number of methoxy groups -OCH3 is 1. The van der Waals surface area contributed by atoms with Gasteiger partial charge in [-0.15, -0.1) is 0 Å². The number of carboxylic acids is 1. The highest BCUT2D eigenvalue weighted by Crippen LogP contribution is 2.38. The van der Waals surface area contributed by atoms with E-state index in [9.17, 15) is 19.5 Å². The SMILES string of the molecule is CCOC(=O)Cc1ccc(CN2CCc3cc(C(=N)N)ccc32)c(-c2ccc(OC)c(C(=O)N3CCNCC3)c2C(=O)O)c1. The average molecular weight is 600 g/mol. The Bertz CT molecular complexity index is 1610. The fourth-order valence-corrected chi connectivity index (χ4v) is 5.95. The number of hydrogen-bond acceptors (Lipinski definition) is 8. The summed E-state index contributed by atoms with van der Waals surface area (Å²) < 4.78 is 10.7. The van der Waals surface area contributed by atoms with Crippen LogP contribution in [0.1, 0.15) is 49.9 Å². The van der Waals surface area contributed by atoms with Crippen molar-refractivity contribution in [3.8, 4) is 16.9 Å². The van der Waals surface area contributed by atoms with Gasteiger partial charge < -0.3 is 35.4 Å². The van der Waals surface area contributed by atoms with Crippen LogP contribution in [0.4, 0.5) is 5.69 Å². The number of nitrogens with one attached hydrogen (secondary N) is 2. The number of carboxylic acid groups (broad SMARTS) is 1. The second kappa shape index (κ2) is 13.2. The largest absolute Gasteiger partial charge is 0.496 e. The molecule has 1 fully saturated rings. The Hall–Kier alpha value is -4.90. The van der Waals surface area contributed by atoms with Crippen molar-refractivity contribution < 1.29 is 29.0 Å². The highest BCUT2D eigenvalue weighted by molar-refractivity contribution is 6.11. The molecule has 3 aromatic carbocycles. The number of fused-ring (bicyclic) bond motifs is 1. The summed E-state index contributed by atoms with van der Waals surface area (Å²) in [5, 5.41) is 21.6. The molecule has 1 saturated heterocycles. The van der Waals surface area contributed by atoms with Crippen LogP contribution < -0.4 is 20.7 Å². The first-order valence-corrected chi connectivity index (χ1v) is 14.7. The Morgan fingerprint density at radius 2 is 1.77 bits per heavy atom. The summed E-state index contributed by atoms with van der Waals surface area (Å²) in [5.41, 5.74) is 10.8. The Morgan fingerprint density at radius 3 is 2.45 bits per heavy atom. The first-order chi connectivity index (χ1) is 21.2. The zero-order valence-electron chi connectivity index (χ0n) is 24.9. The summed E-state index contributed by atoms with van der Waals surface area (Å²) in [6.45, 7) is 5.30. The number of rotatable bonds is 10. The summed E-state index contributed by atoms with van der Waals surface area (Å²) in [4.78, 5) is 43.0. The quantitative estimate of drug-likeness (QED) is 0.156. The minimum atomic E-state index is -1.25. The number of carbonyl (C=O) groups excluding carboxylic acids is 2. The molecule has 0 spiro atoms. The number of ether oxygens (including phenoxy) is 2. The Morgan fingerprint density at radius 1 is 1.00 bits per heavy atom. The topological polar surface area (TPSA) is 158 Å². The third kappa shape index (κ3) is 6.23. The molecule has 0 unspecified atom stereocenters. The van der Waals surface area contributed by atoms with Crippen LogP contribution in [0.2, 0.25) is 0 Å². The summed E-state index contributed by atoms with van der Waals surface area (Å²) in [6, 6.07) is 14.6. The van der Waals surface area contributed by atoms with Crippen LogP contribution in [0.15, 0.2) is 48.5 Å². The first-order valence-electron chi connectivity index (χ1n) is 14.7. The number of amides is 1. The molecular formula is C33H37N5O6. The minimum absolute atomic E-state index is 0.00410. The Labute approximate surface area is 256 Å². The maximum absolute atomic E-state index is 13.8. The van der Waals surface area contributed by atoms with Gasteiger partial charge in [0.15, 0.2) is 0 Å². The van der Waals surface area contributed by atoms with Gasteiger partial charge >= 0.3 is 11.9 Å². The molecule has 0 bridgehead atoms. The maximum atomic E-state index is 13.8. The van der Waals surface area contributed by atoms with E-state index in [-0.39, 0.29) is 41.7 Å². The lowest BCUT2D eigenvalue weighted by molar-refractivity contribution is -0.142. The molecule has 44 heavy (non-hydrogen) atoms. The van der Waals surface area contributed by atoms with Gasteiger partial charge in [-0.1, -0.05) is 18.2 Å². The highest BCUT2D eigenvalue weighted by Gasteiger charge is 2.31. The molecule has 5 N–H and O–H groups in total. The van der Waals surface area contributed by atoms with E-state index in [0.29, 0.717) is 55.0 Å². The smallest absolute Gasteiger partial charge is 0.337 e. The van der Waals surface area contributed by atoms with Gasteiger partial charge in [-0.2, -0.15) is 0 Å². The normalized spacial score (nSPS) is 14.2. The van der Waals surface area contributed by atoms with E-state index in [2.05, 4.69) is 10.2 Å². The molecule has 0 aliphatic carbocycles. The van der Waals surface area contributed by atoms with E-state index < -0.39 is 11.9 Å². The second-order valence-corrected chi connectivity index (χ2v) is 10.8. The van der Waals surface area contributed by atoms with E-state index in [1.807, 2.05) is 36.4 Å².